The molecule has 0 aliphatic heterocycles. The monoisotopic (exact) mass is 315 g/mol. The third-order valence-electron chi connectivity index (χ3n) is 3.83. The summed E-state index contributed by atoms with van der Waals surface area (Å²) in [6.45, 7) is 0.902. The highest BCUT2D eigenvalue weighted by atomic mass is 16.5. The van der Waals surface area contributed by atoms with E-state index in [-0.39, 0.29) is 6.04 Å². The molecule has 0 radical (unpaired) electrons. The quantitative estimate of drug-likeness (QED) is 0.353. The Hall–Kier alpha value is -2.31. The van der Waals surface area contributed by atoms with E-state index < -0.39 is 0 Å². The Morgan fingerprint density at radius 2 is 1.87 bits per heavy atom. The molecule has 6 nitrogen and oxygen atoms in total. The zero-order chi connectivity index (χ0) is 16.8. The number of hydrazone groups is 1. The maximum Gasteiger partial charge on any atom is 0.119 e. The molecule has 1 atom stereocenters. The summed E-state index contributed by atoms with van der Waals surface area (Å²) in [5, 5.41) is 7.71. The number of hydrazine groups is 1. The molecule has 0 aliphatic carbocycles. The van der Waals surface area contributed by atoms with Gasteiger partial charge in [0.25, 0.3) is 0 Å². The van der Waals surface area contributed by atoms with Crippen LogP contribution in [0, 0.1) is 0 Å². The Bertz CT molecular complexity index is 671. The summed E-state index contributed by atoms with van der Waals surface area (Å²) in [6, 6.07) is 12.3. The first-order valence-electron chi connectivity index (χ1n) is 7.55. The van der Waals surface area contributed by atoms with E-state index in [1.165, 1.54) is 11.5 Å². The standard InChI is InChI=1S/C17H25N5O/c1-21(2)9-8-17(22(19)20-12-18)15-5-4-14-11-16(23-3)7-6-13(14)10-15/h4-7,10-12,17H,8-9,19H2,1-3H3,(H2,18,20). The van der Waals surface area contributed by atoms with Gasteiger partial charge in [0.15, 0.2) is 0 Å². The van der Waals surface area contributed by atoms with Crippen LogP contribution in [-0.2, 0) is 0 Å². The van der Waals surface area contributed by atoms with Crippen LogP contribution in [0.3, 0.4) is 0 Å². The molecule has 124 valence electrons. The first-order chi connectivity index (χ1) is 11.0. The van der Waals surface area contributed by atoms with Crippen molar-refractivity contribution < 1.29 is 4.74 Å². The lowest BCUT2D eigenvalue weighted by Gasteiger charge is -2.26. The number of nitrogens with two attached hydrogens (primary N) is 2. The maximum atomic E-state index is 6.05. The van der Waals surface area contributed by atoms with Crippen LogP contribution in [0.1, 0.15) is 18.0 Å². The number of nitrogens with zero attached hydrogens (tertiary/aromatic N) is 3. The van der Waals surface area contributed by atoms with Crippen LogP contribution in [0.25, 0.3) is 10.8 Å². The molecule has 0 fully saturated rings. The zero-order valence-corrected chi connectivity index (χ0v) is 13.9. The average Bonchev–Trinajstić information content (AvgIpc) is 2.54. The van der Waals surface area contributed by atoms with E-state index in [0.717, 1.165) is 35.1 Å². The van der Waals surface area contributed by atoms with E-state index in [0.29, 0.717) is 0 Å². The number of methoxy groups -OCH3 is 1. The molecule has 0 spiro atoms. The minimum absolute atomic E-state index is 0.0382. The molecule has 6 heteroatoms. The van der Waals surface area contributed by atoms with E-state index in [4.69, 9.17) is 16.3 Å². The van der Waals surface area contributed by atoms with Gasteiger partial charge < -0.3 is 15.4 Å². The molecule has 0 amide bonds. The summed E-state index contributed by atoms with van der Waals surface area (Å²) in [6.07, 6.45) is 2.07. The first-order valence-corrected chi connectivity index (χ1v) is 7.55. The molecule has 2 rings (SSSR count). The van der Waals surface area contributed by atoms with Gasteiger partial charge in [0.05, 0.1) is 13.2 Å². The normalized spacial score (nSPS) is 12.9. The molecular formula is C17H25N5O. The second-order valence-corrected chi connectivity index (χ2v) is 5.72. The number of fused-ring (bicyclic) bond motifs is 1. The highest BCUT2D eigenvalue weighted by molar-refractivity contribution is 5.84. The fourth-order valence-electron chi connectivity index (χ4n) is 2.57. The predicted molar refractivity (Wildman–Crippen MR) is 95.1 cm³/mol. The Morgan fingerprint density at radius 1 is 1.17 bits per heavy atom. The van der Waals surface area contributed by atoms with Gasteiger partial charge in [-0.2, -0.15) is 5.10 Å². The summed E-state index contributed by atoms with van der Waals surface area (Å²) < 4.78 is 5.27. The minimum Gasteiger partial charge on any atom is -0.497 e. The van der Waals surface area contributed by atoms with Crippen LogP contribution in [0.4, 0.5) is 0 Å². The van der Waals surface area contributed by atoms with Gasteiger partial charge >= 0.3 is 0 Å². The number of ether oxygens (including phenoxy) is 1. The molecule has 2 aromatic carbocycles. The molecule has 0 aromatic heterocycles. The van der Waals surface area contributed by atoms with Crippen LogP contribution in [0.2, 0.25) is 0 Å². The van der Waals surface area contributed by atoms with Gasteiger partial charge in [-0.25, -0.2) is 11.0 Å². The van der Waals surface area contributed by atoms with Gasteiger partial charge in [0, 0.05) is 0 Å². The predicted octanol–water partition coefficient (Wildman–Crippen LogP) is 1.92. The SMILES string of the molecule is COc1ccc2cc(C(CCN(C)C)N(N)/N=C\N)ccc2c1. The maximum absolute atomic E-state index is 6.05. The minimum atomic E-state index is -0.0382. The van der Waals surface area contributed by atoms with Crippen LogP contribution in [0.15, 0.2) is 41.5 Å². The van der Waals surface area contributed by atoms with Gasteiger partial charge in [0.1, 0.15) is 12.1 Å². The van der Waals surface area contributed by atoms with Gasteiger partial charge in [-0.05, 0) is 61.6 Å². The Morgan fingerprint density at radius 3 is 2.52 bits per heavy atom. The summed E-state index contributed by atoms with van der Waals surface area (Å²) in [7, 11) is 5.75. The molecule has 0 saturated heterocycles. The smallest absolute Gasteiger partial charge is 0.119 e. The van der Waals surface area contributed by atoms with Crippen LogP contribution >= 0.6 is 0 Å². The van der Waals surface area contributed by atoms with Crippen molar-refractivity contribution in [2.75, 3.05) is 27.7 Å². The lowest BCUT2D eigenvalue weighted by atomic mass is 9.99. The lowest BCUT2D eigenvalue weighted by molar-refractivity contribution is 0.187. The first kappa shape index (κ1) is 17.1. The summed E-state index contributed by atoms with van der Waals surface area (Å²) in [4.78, 5) is 2.12. The highest BCUT2D eigenvalue weighted by Crippen LogP contribution is 2.28. The third kappa shape index (κ3) is 4.34. The Balaban J connectivity index is 2.34. The largest absolute Gasteiger partial charge is 0.497 e. The van der Waals surface area contributed by atoms with Crippen molar-refractivity contribution in [1.82, 2.24) is 10.0 Å². The van der Waals surface area contributed by atoms with Crippen LogP contribution < -0.4 is 16.3 Å². The van der Waals surface area contributed by atoms with Crippen molar-refractivity contribution in [1.29, 1.82) is 0 Å². The Kier molecular flexibility index (Phi) is 5.78. The Labute approximate surface area is 137 Å². The summed E-state index contributed by atoms with van der Waals surface area (Å²) in [5.74, 6) is 6.90. The molecular weight excluding hydrogens is 290 g/mol. The van der Waals surface area contributed by atoms with Crippen molar-refractivity contribution in [3.05, 3.63) is 42.0 Å². The second-order valence-electron chi connectivity index (χ2n) is 5.72. The summed E-state index contributed by atoms with van der Waals surface area (Å²) in [5.41, 5.74) is 6.50. The van der Waals surface area contributed by atoms with Crippen molar-refractivity contribution in [3.8, 4) is 5.75 Å². The number of rotatable bonds is 7. The van der Waals surface area contributed by atoms with Crippen molar-refractivity contribution in [2.24, 2.45) is 16.7 Å². The van der Waals surface area contributed by atoms with Crippen LogP contribution in [0.5, 0.6) is 5.75 Å². The van der Waals surface area contributed by atoms with E-state index in [1.807, 2.05) is 32.3 Å². The molecule has 2 aromatic rings. The van der Waals surface area contributed by atoms with E-state index >= 15 is 0 Å². The fraction of sp³-hybridized carbons (Fsp3) is 0.353. The zero-order valence-electron chi connectivity index (χ0n) is 13.9. The molecule has 0 aliphatic rings. The number of hydrogen-bond acceptors (Lipinski definition) is 5. The number of hydrogen-bond donors (Lipinski definition) is 2. The van der Waals surface area contributed by atoms with Crippen LogP contribution in [-0.4, -0.2) is 44.1 Å². The van der Waals surface area contributed by atoms with Crippen molar-refractivity contribution in [2.45, 2.75) is 12.5 Å². The van der Waals surface area contributed by atoms with Gasteiger partial charge in [0.2, 0.25) is 0 Å². The molecule has 1 unspecified atom stereocenters. The van der Waals surface area contributed by atoms with Gasteiger partial charge in [-0.1, -0.05) is 18.2 Å². The van der Waals surface area contributed by atoms with E-state index in [9.17, 15) is 0 Å². The molecule has 0 saturated carbocycles. The molecule has 23 heavy (non-hydrogen) atoms. The number of benzene rings is 2. The van der Waals surface area contributed by atoms with Crippen molar-refractivity contribution >= 4 is 17.1 Å². The fourth-order valence-corrected chi connectivity index (χ4v) is 2.57. The second kappa shape index (κ2) is 7.80. The molecule has 0 heterocycles. The molecule has 4 N–H and O–H groups in total. The van der Waals surface area contributed by atoms with E-state index in [1.54, 1.807) is 7.11 Å². The van der Waals surface area contributed by atoms with Crippen molar-refractivity contribution in [3.63, 3.8) is 0 Å². The summed E-state index contributed by atoms with van der Waals surface area (Å²) >= 11 is 0. The average molecular weight is 315 g/mol. The third-order valence-corrected chi connectivity index (χ3v) is 3.83. The van der Waals surface area contributed by atoms with E-state index in [2.05, 4.69) is 28.2 Å². The lowest BCUT2D eigenvalue weighted by Crippen LogP contribution is -2.33. The topological polar surface area (TPSA) is 80.1 Å². The highest BCUT2D eigenvalue weighted by Gasteiger charge is 2.17. The van der Waals surface area contributed by atoms with Gasteiger partial charge in [-0.3, -0.25) is 0 Å². The molecule has 0 bridgehead atoms. The van der Waals surface area contributed by atoms with Gasteiger partial charge in [-0.15, -0.1) is 0 Å².